The highest BCUT2D eigenvalue weighted by molar-refractivity contribution is 5.65. The predicted molar refractivity (Wildman–Crippen MR) is 75.9 cm³/mol. The molecule has 0 saturated heterocycles. The third-order valence-corrected chi connectivity index (χ3v) is 3.82. The molecule has 97 valence electrons. The maximum atomic E-state index is 4.40. The quantitative estimate of drug-likeness (QED) is 0.847. The van der Waals surface area contributed by atoms with E-state index < -0.39 is 0 Å². The van der Waals surface area contributed by atoms with Crippen LogP contribution in [-0.4, -0.2) is 16.5 Å². The Morgan fingerprint density at radius 2 is 1.89 bits per heavy atom. The van der Waals surface area contributed by atoms with Crippen LogP contribution in [0.15, 0.2) is 24.3 Å². The molecule has 1 aliphatic rings. The fourth-order valence-electron chi connectivity index (χ4n) is 2.66. The van der Waals surface area contributed by atoms with E-state index in [0.717, 1.165) is 23.5 Å². The number of aromatic nitrogens is 2. The van der Waals surface area contributed by atoms with E-state index in [1.807, 2.05) is 0 Å². The Morgan fingerprint density at radius 3 is 2.63 bits per heavy atom. The van der Waals surface area contributed by atoms with Crippen LogP contribution < -0.4 is 5.32 Å². The van der Waals surface area contributed by atoms with Crippen molar-refractivity contribution in [2.24, 2.45) is 0 Å². The second kappa shape index (κ2) is 4.74. The zero-order valence-electron chi connectivity index (χ0n) is 11.6. The number of rotatable bonds is 1. The maximum absolute atomic E-state index is 4.40. The monoisotopic (exact) mass is 252 g/mol. The molecule has 0 fully saturated rings. The molecular formula is C16H18N3. The molecular weight excluding hydrogens is 234 g/mol. The summed E-state index contributed by atoms with van der Waals surface area (Å²) in [6, 6.07) is 8.77. The lowest BCUT2D eigenvalue weighted by Gasteiger charge is -2.29. The molecule has 0 spiro atoms. The predicted octanol–water partition coefficient (Wildman–Crippen LogP) is 3.02. The third kappa shape index (κ3) is 2.15. The zero-order chi connectivity index (χ0) is 13.4. The minimum atomic E-state index is 0.289. The molecule has 19 heavy (non-hydrogen) atoms. The summed E-state index contributed by atoms with van der Waals surface area (Å²) in [4.78, 5) is 8.78. The Kier molecular flexibility index (Phi) is 3.07. The molecule has 1 radical (unpaired) electrons. The van der Waals surface area contributed by atoms with Gasteiger partial charge >= 0.3 is 0 Å². The lowest BCUT2D eigenvalue weighted by Crippen LogP contribution is -2.32. The molecule has 0 amide bonds. The van der Waals surface area contributed by atoms with Crippen LogP contribution in [0.25, 0.3) is 11.3 Å². The number of nitrogens with one attached hydrogen (secondary N) is 1. The summed E-state index contributed by atoms with van der Waals surface area (Å²) in [5, 5.41) is 3.52. The van der Waals surface area contributed by atoms with Crippen molar-refractivity contribution in [3.05, 3.63) is 47.4 Å². The average molecular weight is 252 g/mol. The lowest BCUT2D eigenvalue weighted by atomic mass is 9.89. The Balaban J connectivity index is 2.17. The molecule has 1 aliphatic heterocycles. The first kappa shape index (κ1) is 12.3. The van der Waals surface area contributed by atoms with Gasteiger partial charge in [-0.05, 0) is 13.8 Å². The summed E-state index contributed by atoms with van der Waals surface area (Å²) in [5.74, 6) is 0.412. The Labute approximate surface area is 114 Å². The van der Waals surface area contributed by atoms with Crippen molar-refractivity contribution in [3.8, 4) is 11.3 Å². The van der Waals surface area contributed by atoms with Gasteiger partial charge in [0.15, 0.2) is 6.33 Å². The smallest absolute Gasteiger partial charge is 0.198 e. The van der Waals surface area contributed by atoms with Crippen molar-refractivity contribution in [2.75, 3.05) is 6.54 Å². The van der Waals surface area contributed by atoms with Crippen molar-refractivity contribution in [1.29, 1.82) is 0 Å². The molecule has 1 aromatic heterocycles. The van der Waals surface area contributed by atoms with E-state index in [1.54, 1.807) is 0 Å². The summed E-state index contributed by atoms with van der Waals surface area (Å²) in [6.45, 7) is 7.42. The first-order valence-electron chi connectivity index (χ1n) is 6.75. The summed E-state index contributed by atoms with van der Waals surface area (Å²) in [5.41, 5.74) is 5.77. The van der Waals surface area contributed by atoms with Crippen LogP contribution in [0.5, 0.6) is 0 Å². The van der Waals surface area contributed by atoms with Gasteiger partial charge in [-0.25, -0.2) is 9.97 Å². The van der Waals surface area contributed by atoms with Gasteiger partial charge in [-0.2, -0.15) is 0 Å². The molecule has 2 heterocycles. The van der Waals surface area contributed by atoms with Gasteiger partial charge in [0.05, 0.1) is 11.4 Å². The highest BCUT2D eigenvalue weighted by Crippen LogP contribution is 2.34. The molecule has 1 aromatic carbocycles. The number of fused-ring (bicyclic) bond motifs is 1. The number of aryl methyl sites for hydroxylation is 1. The van der Waals surface area contributed by atoms with E-state index in [9.17, 15) is 0 Å². The van der Waals surface area contributed by atoms with Crippen molar-refractivity contribution >= 4 is 0 Å². The lowest BCUT2D eigenvalue weighted by molar-refractivity contribution is 0.483. The minimum absolute atomic E-state index is 0.289. The molecule has 0 saturated carbocycles. The van der Waals surface area contributed by atoms with Crippen LogP contribution in [-0.2, 0) is 0 Å². The Morgan fingerprint density at radius 1 is 1.16 bits per heavy atom. The van der Waals surface area contributed by atoms with E-state index in [0.29, 0.717) is 5.92 Å². The SMILES string of the molecule is Cc1ccc(-c2n[c]nc3c2C(C)NCC3C)cc1. The second-order valence-electron chi connectivity index (χ2n) is 5.37. The fraction of sp³-hybridized carbons (Fsp3) is 0.375. The molecule has 3 rings (SSSR count). The number of benzene rings is 1. The highest BCUT2D eigenvalue weighted by Gasteiger charge is 2.26. The van der Waals surface area contributed by atoms with Gasteiger partial charge in [-0.1, -0.05) is 36.8 Å². The van der Waals surface area contributed by atoms with E-state index in [1.165, 1.54) is 11.1 Å². The van der Waals surface area contributed by atoms with Crippen molar-refractivity contribution in [3.63, 3.8) is 0 Å². The van der Waals surface area contributed by atoms with Gasteiger partial charge < -0.3 is 5.32 Å². The van der Waals surface area contributed by atoms with Crippen molar-refractivity contribution < 1.29 is 0 Å². The van der Waals surface area contributed by atoms with Crippen LogP contribution >= 0.6 is 0 Å². The largest absolute Gasteiger partial charge is 0.309 e. The molecule has 0 bridgehead atoms. The van der Waals surface area contributed by atoms with Crippen molar-refractivity contribution in [2.45, 2.75) is 32.7 Å². The standard InChI is InChI=1S/C16H18N3/c1-10-4-6-13(7-5-10)16-14-12(3)17-8-11(2)15(14)18-9-19-16/h4-7,11-12,17H,8H2,1-3H3. The summed E-state index contributed by atoms with van der Waals surface area (Å²) in [7, 11) is 0. The minimum Gasteiger partial charge on any atom is -0.309 e. The Hall–Kier alpha value is -1.74. The highest BCUT2D eigenvalue weighted by atomic mass is 15.0. The molecule has 2 unspecified atom stereocenters. The molecule has 3 nitrogen and oxygen atoms in total. The third-order valence-electron chi connectivity index (χ3n) is 3.82. The number of hydrogen-bond acceptors (Lipinski definition) is 3. The second-order valence-corrected chi connectivity index (χ2v) is 5.37. The van der Waals surface area contributed by atoms with E-state index in [-0.39, 0.29) is 6.04 Å². The van der Waals surface area contributed by atoms with Crippen LogP contribution in [0.4, 0.5) is 0 Å². The Bertz CT molecular complexity index is 589. The summed E-state index contributed by atoms with van der Waals surface area (Å²) < 4.78 is 0. The average Bonchev–Trinajstić information content (AvgIpc) is 2.43. The fourth-order valence-corrected chi connectivity index (χ4v) is 2.66. The van der Waals surface area contributed by atoms with Crippen LogP contribution in [0.1, 0.15) is 42.6 Å². The summed E-state index contributed by atoms with van der Waals surface area (Å²) in [6.07, 6.45) is 2.83. The molecule has 1 N–H and O–H groups in total. The first-order chi connectivity index (χ1) is 9.16. The topological polar surface area (TPSA) is 37.8 Å². The molecule has 2 aromatic rings. The van der Waals surface area contributed by atoms with Gasteiger partial charge in [0.2, 0.25) is 0 Å². The van der Waals surface area contributed by atoms with Gasteiger partial charge in [0.25, 0.3) is 0 Å². The zero-order valence-corrected chi connectivity index (χ0v) is 11.6. The maximum Gasteiger partial charge on any atom is 0.198 e. The van der Waals surface area contributed by atoms with Crippen LogP contribution in [0.2, 0.25) is 0 Å². The van der Waals surface area contributed by atoms with E-state index in [2.05, 4.69) is 66.6 Å². The number of hydrogen-bond donors (Lipinski definition) is 1. The van der Waals surface area contributed by atoms with Crippen molar-refractivity contribution in [1.82, 2.24) is 15.3 Å². The van der Waals surface area contributed by atoms with Gasteiger partial charge in [-0.3, -0.25) is 0 Å². The van der Waals surface area contributed by atoms with Crippen LogP contribution in [0.3, 0.4) is 0 Å². The first-order valence-corrected chi connectivity index (χ1v) is 6.75. The summed E-state index contributed by atoms with van der Waals surface area (Å²) >= 11 is 0. The van der Waals surface area contributed by atoms with E-state index >= 15 is 0 Å². The van der Waals surface area contributed by atoms with Gasteiger partial charge in [-0.15, -0.1) is 0 Å². The van der Waals surface area contributed by atoms with Gasteiger partial charge in [0.1, 0.15) is 0 Å². The molecule has 2 atom stereocenters. The van der Waals surface area contributed by atoms with E-state index in [4.69, 9.17) is 0 Å². The number of nitrogens with zero attached hydrogens (tertiary/aromatic N) is 2. The molecule has 3 heteroatoms. The molecule has 0 aliphatic carbocycles. The van der Waals surface area contributed by atoms with Crippen LogP contribution in [0, 0.1) is 13.3 Å². The van der Waals surface area contributed by atoms with Gasteiger partial charge in [0, 0.05) is 29.6 Å². The normalized spacial score (nSPS) is 22.1.